The Balaban J connectivity index is 2.07. The van der Waals surface area contributed by atoms with Crippen molar-refractivity contribution >= 4 is 38.4 Å². The summed E-state index contributed by atoms with van der Waals surface area (Å²) in [5.74, 6) is 1.05. The summed E-state index contributed by atoms with van der Waals surface area (Å²) in [5, 5.41) is 3.56. The molecule has 5 rings (SSSR count). The van der Waals surface area contributed by atoms with Gasteiger partial charge in [0.25, 0.3) is 0 Å². The molecule has 0 amide bonds. The molecule has 0 N–H and O–H groups in total. The predicted octanol–water partition coefficient (Wildman–Crippen LogP) is 4.75. The van der Waals surface area contributed by atoms with E-state index in [0.29, 0.717) is 0 Å². The maximum atomic E-state index is 4.93. The minimum absolute atomic E-state index is 0.875. The number of aromatic nitrogens is 3. The number of rotatable bonds is 1. The summed E-state index contributed by atoms with van der Waals surface area (Å²) in [6.45, 7) is 2.14. The zero-order chi connectivity index (χ0) is 15.4. The van der Waals surface area contributed by atoms with E-state index >= 15 is 0 Å². The number of nitrogens with zero attached hydrogens (tertiary/aromatic N) is 3. The fourth-order valence-electron chi connectivity index (χ4n) is 3.39. The molecule has 2 aromatic heterocycles. The highest BCUT2D eigenvalue weighted by atomic mass is 15.1. The van der Waals surface area contributed by atoms with Gasteiger partial charge in [-0.3, -0.25) is 4.40 Å². The summed E-state index contributed by atoms with van der Waals surface area (Å²) >= 11 is 0. The van der Waals surface area contributed by atoms with Gasteiger partial charge in [-0.15, -0.1) is 0 Å². The minimum atomic E-state index is 0.875. The molecule has 0 spiro atoms. The molecule has 110 valence electrons. The zero-order valence-corrected chi connectivity index (χ0v) is 12.8. The second kappa shape index (κ2) is 4.53. The van der Waals surface area contributed by atoms with Crippen molar-refractivity contribution in [2.24, 2.45) is 0 Å². The Labute approximate surface area is 133 Å². The van der Waals surface area contributed by atoms with Crippen LogP contribution in [-0.2, 0) is 6.42 Å². The zero-order valence-electron chi connectivity index (χ0n) is 12.8. The van der Waals surface area contributed by atoms with Gasteiger partial charge >= 0.3 is 0 Å². The molecule has 0 fully saturated rings. The molecule has 3 nitrogen and oxygen atoms in total. The number of fused-ring (bicyclic) bond motifs is 6. The van der Waals surface area contributed by atoms with Crippen LogP contribution in [0.15, 0.2) is 60.7 Å². The van der Waals surface area contributed by atoms with E-state index in [-0.39, 0.29) is 0 Å². The van der Waals surface area contributed by atoms with Gasteiger partial charge in [-0.25, -0.2) is 9.97 Å². The van der Waals surface area contributed by atoms with E-state index in [1.807, 2.05) is 12.1 Å². The van der Waals surface area contributed by atoms with Gasteiger partial charge < -0.3 is 0 Å². The number of benzene rings is 3. The molecule has 0 atom stereocenters. The lowest BCUT2D eigenvalue weighted by Crippen LogP contribution is -2.00. The molecule has 3 heteroatoms. The summed E-state index contributed by atoms with van der Waals surface area (Å²) in [6, 6.07) is 21.1. The van der Waals surface area contributed by atoms with Crippen LogP contribution in [0.25, 0.3) is 38.4 Å². The Morgan fingerprint density at radius 2 is 1.57 bits per heavy atom. The van der Waals surface area contributed by atoms with Crippen LogP contribution in [0.3, 0.4) is 0 Å². The van der Waals surface area contributed by atoms with E-state index in [0.717, 1.165) is 39.8 Å². The van der Waals surface area contributed by atoms with Crippen molar-refractivity contribution < 1.29 is 0 Å². The predicted molar refractivity (Wildman–Crippen MR) is 94.9 cm³/mol. The fourth-order valence-corrected chi connectivity index (χ4v) is 3.39. The highest BCUT2D eigenvalue weighted by Crippen LogP contribution is 2.28. The molecule has 2 heterocycles. The molecule has 0 bridgehead atoms. The van der Waals surface area contributed by atoms with Crippen molar-refractivity contribution in [2.45, 2.75) is 13.3 Å². The summed E-state index contributed by atoms with van der Waals surface area (Å²) in [6.07, 6.45) is 0.875. The lowest BCUT2D eigenvalue weighted by Gasteiger charge is -2.07. The van der Waals surface area contributed by atoms with Crippen LogP contribution in [0.5, 0.6) is 0 Å². The third kappa shape index (κ3) is 1.70. The van der Waals surface area contributed by atoms with Crippen molar-refractivity contribution in [3.8, 4) is 0 Å². The highest BCUT2D eigenvalue weighted by Gasteiger charge is 2.13. The van der Waals surface area contributed by atoms with Crippen molar-refractivity contribution in [3.05, 3.63) is 66.5 Å². The molecule has 0 aliphatic rings. The normalized spacial score (nSPS) is 11.9. The molecule has 3 aromatic carbocycles. The molecule has 0 unspecified atom stereocenters. The molecule has 0 saturated heterocycles. The van der Waals surface area contributed by atoms with E-state index in [1.165, 1.54) is 10.8 Å². The summed E-state index contributed by atoms with van der Waals surface area (Å²) < 4.78 is 2.21. The molecule has 23 heavy (non-hydrogen) atoms. The van der Waals surface area contributed by atoms with Crippen molar-refractivity contribution in [1.29, 1.82) is 0 Å². The highest BCUT2D eigenvalue weighted by molar-refractivity contribution is 6.01. The van der Waals surface area contributed by atoms with Crippen LogP contribution in [0.4, 0.5) is 0 Å². The fraction of sp³-hybridized carbons (Fsp3) is 0.100. The van der Waals surface area contributed by atoms with E-state index in [2.05, 4.69) is 59.9 Å². The standard InChI is InChI=1S/C20H15N3/c1-2-19-21-16-10-6-5-9-15(16)20-22-17-11-13-7-3-4-8-14(13)12-18(17)23(19)20/h3-12H,2H2,1H3. The summed E-state index contributed by atoms with van der Waals surface area (Å²) in [7, 11) is 0. The van der Waals surface area contributed by atoms with Crippen LogP contribution >= 0.6 is 0 Å². The monoisotopic (exact) mass is 297 g/mol. The van der Waals surface area contributed by atoms with Gasteiger partial charge in [0.05, 0.1) is 16.6 Å². The topological polar surface area (TPSA) is 30.2 Å². The largest absolute Gasteiger partial charge is 0.280 e. The van der Waals surface area contributed by atoms with Crippen molar-refractivity contribution in [1.82, 2.24) is 14.4 Å². The van der Waals surface area contributed by atoms with Crippen LogP contribution in [0.2, 0.25) is 0 Å². The van der Waals surface area contributed by atoms with E-state index in [1.54, 1.807) is 0 Å². The number of hydrogen-bond acceptors (Lipinski definition) is 2. The first kappa shape index (κ1) is 12.6. The van der Waals surface area contributed by atoms with Crippen LogP contribution in [0, 0.1) is 0 Å². The van der Waals surface area contributed by atoms with E-state index in [4.69, 9.17) is 9.97 Å². The Bertz CT molecular complexity index is 1200. The van der Waals surface area contributed by atoms with Crippen molar-refractivity contribution in [2.75, 3.05) is 0 Å². The molecule has 0 aliphatic carbocycles. The van der Waals surface area contributed by atoms with Gasteiger partial charge in [0.15, 0.2) is 0 Å². The smallest absolute Gasteiger partial charge is 0.148 e. The first-order valence-corrected chi connectivity index (χ1v) is 7.94. The molecular weight excluding hydrogens is 282 g/mol. The SMILES string of the molecule is CCc1nc2ccccc2c2nc3cc4ccccc4cc3n12. The third-order valence-electron chi connectivity index (χ3n) is 4.49. The van der Waals surface area contributed by atoms with Gasteiger partial charge in [-0.1, -0.05) is 43.3 Å². The maximum Gasteiger partial charge on any atom is 0.148 e. The van der Waals surface area contributed by atoms with Gasteiger partial charge in [-0.2, -0.15) is 0 Å². The van der Waals surface area contributed by atoms with Gasteiger partial charge in [0.2, 0.25) is 0 Å². The average molecular weight is 297 g/mol. The molecule has 5 aromatic rings. The lowest BCUT2D eigenvalue weighted by molar-refractivity contribution is 0.930. The van der Waals surface area contributed by atoms with Gasteiger partial charge in [0.1, 0.15) is 11.5 Å². The van der Waals surface area contributed by atoms with Gasteiger partial charge in [-0.05, 0) is 35.0 Å². The number of imidazole rings is 1. The van der Waals surface area contributed by atoms with E-state index in [9.17, 15) is 0 Å². The second-order valence-corrected chi connectivity index (χ2v) is 5.86. The third-order valence-corrected chi connectivity index (χ3v) is 4.49. The van der Waals surface area contributed by atoms with Gasteiger partial charge in [0, 0.05) is 11.8 Å². The summed E-state index contributed by atoms with van der Waals surface area (Å²) in [4.78, 5) is 9.77. The Morgan fingerprint density at radius 3 is 2.39 bits per heavy atom. The van der Waals surface area contributed by atoms with Crippen LogP contribution in [-0.4, -0.2) is 14.4 Å². The van der Waals surface area contributed by atoms with E-state index < -0.39 is 0 Å². The minimum Gasteiger partial charge on any atom is -0.280 e. The molecule has 0 saturated carbocycles. The molecule has 0 radical (unpaired) electrons. The Hall–Kier alpha value is -2.94. The lowest BCUT2D eigenvalue weighted by atomic mass is 10.1. The maximum absolute atomic E-state index is 4.93. The quantitative estimate of drug-likeness (QED) is 0.447. The molecular formula is C20H15N3. The summed E-state index contributed by atoms with van der Waals surface area (Å²) in [5.41, 5.74) is 4.17. The second-order valence-electron chi connectivity index (χ2n) is 5.86. The molecule has 0 aliphatic heterocycles. The first-order valence-electron chi connectivity index (χ1n) is 7.94. The number of para-hydroxylation sites is 1. The number of aryl methyl sites for hydroxylation is 1. The number of hydrogen-bond donors (Lipinski definition) is 0. The van der Waals surface area contributed by atoms with Crippen LogP contribution in [0.1, 0.15) is 12.7 Å². The average Bonchev–Trinajstić information content (AvgIpc) is 2.97. The van der Waals surface area contributed by atoms with Crippen LogP contribution < -0.4 is 0 Å². The Kier molecular flexibility index (Phi) is 2.48. The van der Waals surface area contributed by atoms with Crippen molar-refractivity contribution in [3.63, 3.8) is 0 Å². The first-order chi connectivity index (χ1) is 11.3. The Morgan fingerprint density at radius 1 is 0.826 bits per heavy atom.